The number of H-pyrrole nitrogens is 1. The summed E-state index contributed by atoms with van der Waals surface area (Å²) in [6, 6.07) is 3.72. The van der Waals surface area contributed by atoms with Crippen molar-refractivity contribution in [3.05, 3.63) is 17.8 Å². The van der Waals surface area contributed by atoms with E-state index in [1.165, 1.54) is 0 Å². The third-order valence-electron chi connectivity index (χ3n) is 2.50. The van der Waals surface area contributed by atoms with Crippen LogP contribution in [0.25, 0.3) is 11.6 Å². The monoisotopic (exact) mass is 231 g/mol. The second kappa shape index (κ2) is 4.70. The fourth-order valence-corrected chi connectivity index (χ4v) is 1.54. The minimum absolute atomic E-state index is 0.397. The van der Waals surface area contributed by atoms with E-state index in [1.807, 2.05) is 24.8 Å². The maximum absolute atomic E-state index is 8.72. The molecule has 2 rings (SSSR count). The number of nitriles is 1. The topological polar surface area (TPSA) is 81.7 Å². The van der Waals surface area contributed by atoms with Gasteiger partial charge in [0.15, 0.2) is 0 Å². The van der Waals surface area contributed by atoms with E-state index in [0.29, 0.717) is 23.1 Å². The highest BCUT2D eigenvalue weighted by atomic mass is 16.5. The molecule has 2 aromatic rings. The molecule has 0 aliphatic rings. The number of hydrogen-bond acceptors (Lipinski definition) is 5. The number of nitrogens with zero attached hydrogens (tertiary/aromatic N) is 4. The molecule has 1 N–H and O–H groups in total. The highest BCUT2D eigenvalue weighted by molar-refractivity contribution is 5.53. The van der Waals surface area contributed by atoms with E-state index in [0.717, 1.165) is 13.1 Å². The Morgan fingerprint density at radius 1 is 1.47 bits per heavy atom. The Hall–Kier alpha value is -2.29. The van der Waals surface area contributed by atoms with Gasteiger partial charge in [-0.1, -0.05) is 0 Å². The second-order valence-electron chi connectivity index (χ2n) is 3.49. The molecule has 0 saturated heterocycles. The van der Waals surface area contributed by atoms with Crippen LogP contribution in [0.5, 0.6) is 0 Å². The quantitative estimate of drug-likeness (QED) is 0.867. The predicted molar refractivity (Wildman–Crippen MR) is 62.4 cm³/mol. The Morgan fingerprint density at radius 3 is 2.82 bits per heavy atom. The van der Waals surface area contributed by atoms with Gasteiger partial charge in [-0.05, 0) is 25.1 Å². The van der Waals surface area contributed by atoms with Gasteiger partial charge >= 0.3 is 0 Å². The second-order valence-corrected chi connectivity index (χ2v) is 3.49. The van der Waals surface area contributed by atoms with Gasteiger partial charge in [0.25, 0.3) is 11.8 Å². The van der Waals surface area contributed by atoms with E-state index < -0.39 is 0 Å². The Bertz CT molecular complexity index is 532. The van der Waals surface area contributed by atoms with E-state index in [-0.39, 0.29) is 0 Å². The van der Waals surface area contributed by atoms with Gasteiger partial charge < -0.3 is 14.4 Å². The van der Waals surface area contributed by atoms with Gasteiger partial charge in [0.2, 0.25) is 0 Å². The van der Waals surface area contributed by atoms with Gasteiger partial charge in [-0.15, -0.1) is 0 Å². The normalized spacial score (nSPS) is 10.2. The first kappa shape index (κ1) is 11.2. The lowest BCUT2D eigenvalue weighted by atomic mass is 10.3. The van der Waals surface area contributed by atoms with Crippen LogP contribution in [0.2, 0.25) is 0 Å². The van der Waals surface area contributed by atoms with Gasteiger partial charge in [0.05, 0.1) is 5.56 Å². The van der Waals surface area contributed by atoms with E-state index in [2.05, 4.69) is 15.1 Å². The number of aromatic nitrogens is 3. The zero-order valence-corrected chi connectivity index (χ0v) is 9.77. The summed E-state index contributed by atoms with van der Waals surface area (Å²) in [7, 11) is 0. The van der Waals surface area contributed by atoms with Crippen molar-refractivity contribution in [1.82, 2.24) is 15.1 Å². The molecule has 6 nitrogen and oxygen atoms in total. The van der Waals surface area contributed by atoms with Crippen molar-refractivity contribution in [3.63, 3.8) is 0 Å². The Kier molecular flexibility index (Phi) is 3.10. The highest BCUT2D eigenvalue weighted by Crippen LogP contribution is 2.19. The van der Waals surface area contributed by atoms with Crippen LogP contribution in [0.3, 0.4) is 0 Å². The summed E-state index contributed by atoms with van der Waals surface area (Å²) in [5.74, 6) is 0.964. The van der Waals surface area contributed by atoms with Crippen LogP contribution in [0.4, 0.5) is 5.95 Å². The minimum Gasteiger partial charge on any atom is -0.356 e. The molecule has 0 radical (unpaired) electrons. The van der Waals surface area contributed by atoms with E-state index in [4.69, 9.17) is 9.78 Å². The molecule has 0 aromatic carbocycles. The molecule has 0 saturated carbocycles. The minimum atomic E-state index is 0.397. The molecule has 0 aliphatic carbocycles. The number of anilines is 1. The molecule has 0 fully saturated rings. The molecular formula is C11H13N5O. The average Bonchev–Trinajstić information content (AvgIpc) is 2.98. The largest absolute Gasteiger partial charge is 0.356 e. The van der Waals surface area contributed by atoms with E-state index in [1.54, 1.807) is 12.3 Å². The lowest BCUT2D eigenvalue weighted by molar-refractivity contribution is 0.428. The first-order chi connectivity index (χ1) is 8.28. The summed E-state index contributed by atoms with van der Waals surface area (Å²) in [4.78, 5) is 9.19. The third kappa shape index (κ3) is 2.13. The molecule has 0 aliphatic heterocycles. The van der Waals surface area contributed by atoms with Gasteiger partial charge in [-0.3, -0.25) is 0 Å². The molecule has 0 spiro atoms. The van der Waals surface area contributed by atoms with Gasteiger partial charge in [-0.25, -0.2) is 0 Å². The molecule has 0 atom stereocenters. The number of hydrogen-bond donors (Lipinski definition) is 1. The molecular weight excluding hydrogens is 218 g/mol. The summed E-state index contributed by atoms with van der Waals surface area (Å²) >= 11 is 0. The van der Waals surface area contributed by atoms with Crippen molar-refractivity contribution < 1.29 is 4.52 Å². The third-order valence-corrected chi connectivity index (χ3v) is 2.50. The molecule has 0 unspecified atom stereocenters. The summed E-state index contributed by atoms with van der Waals surface area (Å²) in [6.07, 6.45) is 1.61. The van der Waals surface area contributed by atoms with Crippen LogP contribution in [0.15, 0.2) is 16.8 Å². The van der Waals surface area contributed by atoms with Crippen LogP contribution < -0.4 is 4.90 Å². The van der Waals surface area contributed by atoms with Crippen molar-refractivity contribution in [2.75, 3.05) is 18.0 Å². The van der Waals surface area contributed by atoms with Crippen molar-refractivity contribution in [3.8, 4) is 17.7 Å². The fourth-order valence-electron chi connectivity index (χ4n) is 1.54. The Morgan fingerprint density at radius 2 is 2.24 bits per heavy atom. The van der Waals surface area contributed by atoms with Crippen molar-refractivity contribution >= 4 is 5.95 Å². The van der Waals surface area contributed by atoms with Gasteiger partial charge in [0, 0.05) is 19.3 Å². The summed E-state index contributed by atoms with van der Waals surface area (Å²) in [5, 5.41) is 12.6. The van der Waals surface area contributed by atoms with Gasteiger partial charge in [-0.2, -0.15) is 10.2 Å². The molecule has 2 aromatic heterocycles. The summed E-state index contributed by atoms with van der Waals surface area (Å²) in [6.45, 7) is 5.71. The molecule has 0 bridgehead atoms. The van der Waals surface area contributed by atoms with Crippen LogP contribution in [-0.4, -0.2) is 28.2 Å². The highest BCUT2D eigenvalue weighted by Gasteiger charge is 2.13. The molecule has 2 heterocycles. The van der Waals surface area contributed by atoms with Gasteiger partial charge in [0.1, 0.15) is 11.8 Å². The Balaban J connectivity index is 2.26. The Labute approximate surface area is 98.9 Å². The van der Waals surface area contributed by atoms with Crippen LogP contribution in [0, 0.1) is 11.3 Å². The first-order valence-corrected chi connectivity index (χ1v) is 5.46. The van der Waals surface area contributed by atoms with Crippen molar-refractivity contribution in [2.45, 2.75) is 13.8 Å². The number of rotatable bonds is 4. The summed E-state index contributed by atoms with van der Waals surface area (Å²) in [5.41, 5.74) is 1.20. The molecule has 0 amide bonds. The maximum Gasteiger partial charge on any atom is 0.275 e. The lowest BCUT2D eigenvalue weighted by Gasteiger charge is -2.14. The van der Waals surface area contributed by atoms with E-state index in [9.17, 15) is 0 Å². The SMILES string of the molecule is CCN(CC)c1noc(-c2cc(C#N)c[nH]2)n1. The standard InChI is InChI=1S/C11H13N5O/c1-3-16(4-2)11-14-10(17-15-11)9-5-8(6-12)7-13-9/h5,7,13H,3-4H2,1-2H3. The number of nitrogens with one attached hydrogen (secondary N) is 1. The predicted octanol–water partition coefficient (Wildman–Crippen LogP) is 1.78. The zero-order chi connectivity index (χ0) is 12.3. The smallest absolute Gasteiger partial charge is 0.275 e. The molecule has 88 valence electrons. The van der Waals surface area contributed by atoms with Crippen molar-refractivity contribution in [2.24, 2.45) is 0 Å². The molecule has 6 heteroatoms. The van der Waals surface area contributed by atoms with E-state index >= 15 is 0 Å². The van der Waals surface area contributed by atoms with Crippen molar-refractivity contribution in [1.29, 1.82) is 5.26 Å². The van der Waals surface area contributed by atoms with Crippen LogP contribution in [-0.2, 0) is 0 Å². The molecule has 17 heavy (non-hydrogen) atoms. The van der Waals surface area contributed by atoms with Crippen LogP contribution in [0.1, 0.15) is 19.4 Å². The van der Waals surface area contributed by atoms with Crippen LogP contribution >= 0.6 is 0 Å². The fraction of sp³-hybridized carbons (Fsp3) is 0.364. The zero-order valence-electron chi connectivity index (χ0n) is 9.77. The lowest BCUT2D eigenvalue weighted by Crippen LogP contribution is -2.22. The maximum atomic E-state index is 8.72. The number of aromatic amines is 1. The summed E-state index contributed by atoms with van der Waals surface area (Å²) < 4.78 is 5.15. The average molecular weight is 231 g/mol. The first-order valence-electron chi connectivity index (χ1n) is 5.46.